The van der Waals surface area contributed by atoms with Crippen molar-refractivity contribution in [2.45, 2.75) is 44.1 Å². The summed E-state index contributed by atoms with van der Waals surface area (Å²) in [5, 5.41) is 0. The van der Waals surface area contributed by atoms with Gasteiger partial charge in [0.25, 0.3) is 0 Å². The lowest BCUT2D eigenvalue weighted by Gasteiger charge is -2.44. The molecule has 142 valence electrons. The lowest BCUT2D eigenvalue weighted by molar-refractivity contribution is -0.161. The Morgan fingerprint density at radius 1 is 1.35 bits per heavy atom. The number of hydrogen-bond acceptors (Lipinski definition) is 4. The number of amides is 1. The molecule has 1 amide bonds. The van der Waals surface area contributed by atoms with Gasteiger partial charge in [-0.15, -0.1) is 0 Å². The fraction of sp³-hybridized carbons (Fsp3) is 0.700. The van der Waals surface area contributed by atoms with Crippen molar-refractivity contribution in [3.63, 3.8) is 0 Å². The number of morpholine rings is 1. The lowest BCUT2D eigenvalue weighted by Crippen LogP contribution is -2.56. The van der Waals surface area contributed by atoms with Gasteiger partial charge in [0.2, 0.25) is 5.91 Å². The van der Waals surface area contributed by atoms with Gasteiger partial charge in [0, 0.05) is 24.8 Å². The number of carbonyl (C=O) groups excluding carboxylic acids is 1. The molecule has 1 aromatic heterocycles. The van der Waals surface area contributed by atoms with Gasteiger partial charge in [-0.05, 0) is 43.7 Å². The molecular weight excluding hydrogens is 335 g/mol. The van der Waals surface area contributed by atoms with Gasteiger partial charge in [0.05, 0.1) is 38.0 Å². The van der Waals surface area contributed by atoms with Crippen LogP contribution < -0.4 is 0 Å². The first-order chi connectivity index (χ1) is 12.6. The molecule has 5 nitrogen and oxygen atoms in total. The molecule has 0 unspecified atom stereocenters. The molecule has 26 heavy (non-hydrogen) atoms. The van der Waals surface area contributed by atoms with Crippen molar-refractivity contribution in [3.8, 4) is 0 Å². The third-order valence-corrected chi connectivity index (χ3v) is 5.95. The van der Waals surface area contributed by atoms with Crippen LogP contribution in [0.1, 0.15) is 37.8 Å². The Hall–Kier alpha value is -1.53. The van der Waals surface area contributed by atoms with E-state index >= 15 is 0 Å². The number of ether oxygens (including phenoxy) is 2. The predicted molar refractivity (Wildman–Crippen MR) is 94.0 cm³/mol. The quantitative estimate of drug-likeness (QED) is 0.781. The molecule has 2 heterocycles. The van der Waals surface area contributed by atoms with E-state index in [0.717, 1.165) is 44.6 Å². The van der Waals surface area contributed by atoms with Gasteiger partial charge in [-0.3, -0.25) is 9.78 Å². The average Bonchev–Trinajstić information content (AvgIpc) is 3.40. The summed E-state index contributed by atoms with van der Waals surface area (Å²) in [5.41, 5.74) is 0.348. The van der Waals surface area contributed by atoms with E-state index in [1.165, 1.54) is 18.9 Å². The van der Waals surface area contributed by atoms with E-state index in [-0.39, 0.29) is 23.7 Å². The Labute approximate surface area is 153 Å². The van der Waals surface area contributed by atoms with Crippen LogP contribution >= 0.6 is 0 Å². The van der Waals surface area contributed by atoms with Crippen LogP contribution in [-0.4, -0.2) is 54.3 Å². The summed E-state index contributed by atoms with van der Waals surface area (Å²) in [6.07, 6.45) is 7.18. The topological polar surface area (TPSA) is 51.7 Å². The number of aromatic nitrogens is 1. The molecule has 1 spiro atoms. The summed E-state index contributed by atoms with van der Waals surface area (Å²) in [6.45, 7) is 3.41. The van der Waals surface area contributed by atoms with E-state index in [0.29, 0.717) is 31.3 Å². The number of halogens is 1. The molecule has 4 rings (SSSR count). The first-order valence-corrected chi connectivity index (χ1v) is 9.74. The van der Waals surface area contributed by atoms with E-state index in [9.17, 15) is 9.18 Å². The van der Waals surface area contributed by atoms with E-state index < -0.39 is 0 Å². The highest BCUT2D eigenvalue weighted by Crippen LogP contribution is 2.41. The second kappa shape index (κ2) is 7.61. The second-order valence-corrected chi connectivity index (χ2v) is 7.94. The maximum absolute atomic E-state index is 13.0. The van der Waals surface area contributed by atoms with Gasteiger partial charge in [-0.2, -0.15) is 0 Å². The van der Waals surface area contributed by atoms with Crippen molar-refractivity contribution in [1.29, 1.82) is 0 Å². The minimum Gasteiger partial charge on any atom is -0.381 e. The van der Waals surface area contributed by atoms with Crippen molar-refractivity contribution >= 4 is 5.91 Å². The smallest absolute Gasteiger partial charge is 0.228 e. The summed E-state index contributed by atoms with van der Waals surface area (Å²) in [5.74, 6) is 0.782. The Kier molecular flexibility index (Phi) is 5.23. The minimum atomic E-state index is -0.383. The summed E-state index contributed by atoms with van der Waals surface area (Å²) in [4.78, 5) is 18.6. The Bertz CT molecular complexity index is 634. The van der Waals surface area contributed by atoms with Gasteiger partial charge < -0.3 is 14.4 Å². The van der Waals surface area contributed by atoms with Crippen LogP contribution in [0.5, 0.6) is 0 Å². The van der Waals surface area contributed by atoms with Crippen molar-refractivity contribution in [2.75, 3.05) is 32.9 Å². The van der Waals surface area contributed by atoms with Crippen LogP contribution in [0.25, 0.3) is 0 Å². The van der Waals surface area contributed by atoms with Crippen LogP contribution in [0.2, 0.25) is 0 Å². The molecule has 1 aliphatic heterocycles. The second-order valence-electron chi connectivity index (χ2n) is 7.94. The first-order valence-electron chi connectivity index (χ1n) is 9.74. The van der Waals surface area contributed by atoms with Gasteiger partial charge in [-0.25, -0.2) is 4.39 Å². The summed E-state index contributed by atoms with van der Waals surface area (Å²) < 4.78 is 25.2. The van der Waals surface area contributed by atoms with Crippen LogP contribution in [-0.2, 0) is 20.7 Å². The number of rotatable bonds is 6. The molecule has 2 aliphatic carbocycles. The fourth-order valence-corrected chi connectivity index (χ4v) is 4.21. The molecule has 1 aromatic rings. The zero-order valence-electron chi connectivity index (χ0n) is 15.2. The van der Waals surface area contributed by atoms with E-state index in [4.69, 9.17) is 9.47 Å². The molecular formula is C20H27FN2O3. The van der Waals surface area contributed by atoms with Crippen LogP contribution in [0, 0.1) is 17.7 Å². The fourth-order valence-electron chi connectivity index (χ4n) is 4.21. The van der Waals surface area contributed by atoms with Crippen LogP contribution in [0.15, 0.2) is 18.3 Å². The molecule has 6 heteroatoms. The largest absolute Gasteiger partial charge is 0.381 e. The van der Waals surface area contributed by atoms with E-state index in [2.05, 4.69) is 4.98 Å². The van der Waals surface area contributed by atoms with Crippen molar-refractivity contribution in [3.05, 3.63) is 29.8 Å². The van der Waals surface area contributed by atoms with Crippen molar-refractivity contribution in [2.24, 2.45) is 11.8 Å². The normalized spacial score (nSPS) is 28.7. The highest BCUT2D eigenvalue weighted by molar-refractivity contribution is 5.78. The standard InChI is InChI=1S/C20H27FN2O3/c21-17-5-6-18(22-11-17)10-19(24)23-8-9-26-20(14-23)7-1-2-16(20)13-25-12-15-3-4-15/h5-6,11,15-16H,1-4,7-10,12-14H2/t16-,20-/m1/s1. The molecule has 0 aromatic carbocycles. The number of carbonyl (C=O) groups is 1. The van der Waals surface area contributed by atoms with Crippen molar-refractivity contribution in [1.82, 2.24) is 9.88 Å². The number of hydrogen-bond donors (Lipinski definition) is 0. The zero-order valence-corrected chi connectivity index (χ0v) is 15.2. The van der Waals surface area contributed by atoms with Gasteiger partial charge in [-0.1, -0.05) is 6.42 Å². The highest BCUT2D eigenvalue weighted by Gasteiger charge is 2.47. The molecule has 0 N–H and O–H groups in total. The predicted octanol–water partition coefficient (Wildman–Crippen LogP) is 2.59. The Morgan fingerprint density at radius 2 is 2.23 bits per heavy atom. The molecule has 0 radical (unpaired) electrons. The molecule has 2 saturated carbocycles. The maximum atomic E-state index is 13.0. The minimum absolute atomic E-state index is 0.0383. The Balaban J connectivity index is 1.35. The average molecular weight is 362 g/mol. The zero-order chi connectivity index (χ0) is 18.0. The van der Waals surface area contributed by atoms with Crippen molar-refractivity contribution < 1.29 is 18.7 Å². The van der Waals surface area contributed by atoms with Crippen LogP contribution in [0.4, 0.5) is 4.39 Å². The SMILES string of the molecule is O=C(Cc1ccc(F)cn1)N1CCO[C@]2(CCC[C@@H]2COCC2CC2)C1. The highest BCUT2D eigenvalue weighted by atomic mass is 19.1. The lowest BCUT2D eigenvalue weighted by atomic mass is 9.89. The summed E-state index contributed by atoms with van der Waals surface area (Å²) >= 11 is 0. The van der Waals surface area contributed by atoms with Gasteiger partial charge in [0.15, 0.2) is 0 Å². The molecule has 1 saturated heterocycles. The Morgan fingerprint density at radius 3 is 3.00 bits per heavy atom. The van der Waals surface area contributed by atoms with Crippen LogP contribution in [0.3, 0.4) is 0 Å². The monoisotopic (exact) mass is 362 g/mol. The maximum Gasteiger partial charge on any atom is 0.228 e. The third-order valence-electron chi connectivity index (χ3n) is 5.95. The first kappa shape index (κ1) is 17.9. The molecule has 3 aliphatic rings. The third kappa shape index (κ3) is 4.07. The van der Waals surface area contributed by atoms with Gasteiger partial charge in [0.1, 0.15) is 5.82 Å². The molecule has 2 atom stereocenters. The summed E-state index contributed by atoms with van der Waals surface area (Å²) in [6, 6.07) is 2.92. The number of pyridine rings is 1. The molecule has 0 bridgehead atoms. The van der Waals surface area contributed by atoms with Gasteiger partial charge >= 0.3 is 0 Å². The number of nitrogens with zero attached hydrogens (tertiary/aromatic N) is 2. The van der Waals surface area contributed by atoms with E-state index in [1.807, 2.05) is 4.90 Å². The molecule has 3 fully saturated rings. The van der Waals surface area contributed by atoms with E-state index in [1.54, 1.807) is 6.07 Å². The summed E-state index contributed by atoms with van der Waals surface area (Å²) in [7, 11) is 0.